The minimum absolute atomic E-state index is 0.0131. The molecule has 1 amide bonds. The highest BCUT2D eigenvalue weighted by atomic mass is 19.1. The molecule has 1 unspecified atom stereocenters. The van der Waals surface area contributed by atoms with Crippen LogP contribution in [0.5, 0.6) is 0 Å². The second-order valence-corrected chi connectivity index (χ2v) is 8.31. The maximum absolute atomic E-state index is 14.3. The lowest BCUT2D eigenvalue weighted by Gasteiger charge is -2.39. The average Bonchev–Trinajstić information content (AvgIpc) is 3.37. The molecule has 3 aliphatic rings. The van der Waals surface area contributed by atoms with E-state index in [4.69, 9.17) is 0 Å². The number of anilines is 1. The van der Waals surface area contributed by atoms with Crippen molar-refractivity contribution in [3.8, 4) is 0 Å². The van der Waals surface area contributed by atoms with E-state index in [1.807, 2.05) is 18.2 Å². The Morgan fingerprint density at radius 1 is 0.963 bits per heavy atom. The van der Waals surface area contributed by atoms with Crippen LogP contribution in [-0.2, 0) is 4.79 Å². The van der Waals surface area contributed by atoms with Gasteiger partial charge < -0.3 is 9.80 Å². The minimum Gasteiger partial charge on any atom is -0.350 e. The highest BCUT2D eigenvalue weighted by Gasteiger charge is 2.53. The molecule has 1 aromatic heterocycles. The Balaban J connectivity index is 1.44. The van der Waals surface area contributed by atoms with E-state index < -0.39 is 5.67 Å². The van der Waals surface area contributed by atoms with Gasteiger partial charge in [0, 0.05) is 30.6 Å². The molecule has 3 fully saturated rings. The van der Waals surface area contributed by atoms with Crippen molar-refractivity contribution in [3.05, 3.63) is 30.6 Å². The summed E-state index contributed by atoms with van der Waals surface area (Å²) in [6, 6.07) is 8.14. The molecule has 5 rings (SSSR count). The van der Waals surface area contributed by atoms with E-state index in [2.05, 4.69) is 20.9 Å². The van der Waals surface area contributed by atoms with E-state index in [0.29, 0.717) is 25.9 Å². The van der Waals surface area contributed by atoms with E-state index in [9.17, 15) is 9.18 Å². The van der Waals surface area contributed by atoms with Gasteiger partial charge in [-0.1, -0.05) is 12.1 Å². The van der Waals surface area contributed by atoms with Crippen LogP contribution in [-0.4, -0.2) is 51.6 Å². The molecule has 0 radical (unpaired) electrons. The lowest BCUT2D eigenvalue weighted by atomic mass is 9.87. The summed E-state index contributed by atoms with van der Waals surface area (Å²) in [7, 11) is 0. The highest BCUT2D eigenvalue weighted by molar-refractivity contribution is 5.90. The third-order valence-electron chi connectivity index (χ3n) is 6.65. The lowest BCUT2D eigenvalue weighted by Crippen LogP contribution is -2.46. The summed E-state index contributed by atoms with van der Waals surface area (Å²) in [6.45, 7) is 2.29. The van der Waals surface area contributed by atoms with Crippen LogP contribution >= 0.6 is 0 Å². The molecule has 1 aromatic carbocycles. The number of likely N-dealkylation sites (tertiary alicyclic amines) is 1. The predicted octanol–water partition coefficient (Wildman–Crippen LogP) is 3.48. The van der Waals surface area contributed by atoms with Crippen molar-refractivity contribution >= 4 is 22.6 Å². The van der Waals surface area contributed by atoms with Gasteiger partial charge >= 0.3 is 0 Å². The Kier molecular flexibility index (Phi) is 3.85. The van der Waals surface area contributed by atoms with Gasteiger partial charge in [-0.2, -0.15) is 0 Å². The van der Waals surface area contributed by atoms with Gasteiger partial charge in [-0.3, -0.25) is 4.79 Å². The predicted molar refractivity (Wildman–Crippen MR) is 102 cm³/mol. The number of halogens is 1. The number of alkyl halides is 1. The normalized spacial score (nSPS) is 27.1. The molecule has 2 aliphatic heterocycles. The molecule has 1 spiro atoms. The van der Waals surface area contributed by atoms with Gasteiger partial charge in [-0.25, -0.2) is 14.4 Å². The number of carbonyl (C=O) groups excluding carboxylic acids is 1. The van der Waals surface area contributed by atoms with Crippen molar-refractivity contribution in [1.29, 1.82) is 0 Å². The number of aromatic nitrogens is 2. The second kappa shape index (κ2) is 6.14. The molecule has 1 aliphatic carbocycles. The zero-order valence-electron chi connectivity index (χ0n) is 15.5. The number of para-hydroxylation sites is 1. The fourth-order valence-electron chi connectivity index (χ4n) is 4.98. The average molecular weight is 368 g/mol. The third kappa shape index (κ3) is 2.77. The smallest absolute Gasteiger partial charge is 0.260 e. The largest absolute Gasteiger partial charge is 0.350 e. The van der Waals surface area contributed by atoms with Gasteiger partial charge in [0.25, 0.3) is 5.91 Å². The van der Waals surface area contributed by atoms with Gasteiger partial charge in [0.05, 0.1) is 5.52 Å². The van der Waals surface area contributed by atoms with Crippen LogP contribution in [0.1, 0.15) is 44.9 Å². The number of benzene rings is 1. The van der Waals surface area contributed by atoms with E-state index >= 15 is 0 Å². The number of hydrogen-bond acceptors (Lipinski definition) is 4. The fourth-order valence-corrected chi connectivity index (χ4v) is 4.98. The van der Waals surface area contributed by atoms with Crippen molar-refractivity contribution in [2.75, 3.05) is 24.5 Å². The van der Waals surface area contributed by atoms with Crippen LogP contribution in [0.4, 0.5) is 10.2 Å². The molecule has 5 nitrogen and oxygen atoms in total. The topological polar surface area (TPSA) is 49.3 Å². The zero-order valence-corrected chi connectivity index (χ0v) is 15.5. The molecule has 2 saturated heterocycles. The van der Waals surface area contributed by atoms with Crippen molar-refractivity contribution < 1.29 is 9.18 Å². The number of amides is 1. The molecule has 3 heterocycles. The molecular formula is C21H25FN4O. The number of hydrogen-bond donors (Lipinski definition) is 0. The summed E-state index contributed by atoms with van der Waals surface area (Å²) in [5, 5.41) is 1.08. The maximum atomic E-state index is 14.3. The molecule has 0 N–H and O–H groups in total. The first-order valence-corrected chi connectivity index (χ1v) is 10.1. The van der Waals surface area contributed by atoms with E-state index in [0.717, 1.165) is 55.4 Å². The maximum Gasteiger partial charge on any atom is 0.260 e. The zero-order chi connectivity index (χ0) is 18.5. The molecule has 1 saturated carbocycles. The Morgan fingerprint density at radius 2 is 1.74 bits per heavy atom. The summed E-state index contributed by atoms with van der Waals surface area (Å²) >= 11 is 0. The molecule has 2 aromatic rings. The van der Waals surface area contributed by atoms with Crippen molar-refractivity contribution in [2.24, 2.45) is 0 Å². The molecule has 142 valence electrons. The van der Waals surface area contributed by atoms with Crippen LogP contribution in [0.15, 0.2) is 30.6 Å². The quantitative estimate of drug-likeness (QED) is 0.814. The van der Waals surface area contributed by atoms with Gasteiger partial charge in [0.2, 0.25) is 0 Å². The van der Waals surface area contributed by atoms with E-state index in [1.54, 1.807) is 11.2 Å². The van der Waals surface area contributed by atoms with Crippen LogP contribution < -0.4 is 4.90 Å². The molecule has 0 bridgehead atoms. The third-order valence-corrected chi connectivity index (χ3v) is 6.65. The number of carbonyl (C=O) groups is 1. The second-order valence-electron chi connectivity index (χ2n) is 8.31. The van der Waals surface area contributed by atoms with Gasteiger partial charge in [0.1, 0.15) is 12.1 Å². The van der Waals surface area contributed by atoms with Crippen LogP contribution in [0.3, 0.4) is 0 Å². The van der Waals surface area contributed by atoms with Crippen molar-refractivity contribution in [2.45, 2.75) is 56.2 Å². The first-order valence-electron chi connectivity index (χ1n) is 10.1. The summed E-state index contributed by atoms with van der Waals surface area (Å²) in [6.07, 6.45) is 7.49. The van der Waals surface area contributed by atoms with Crippen molar-refractivity contribution in [1.82, 2.24) is 14.9 Å². The highest BCUT2D eigenvalue weighted by Crippen LogP contribution is 2.45. The van der Waals surface area contributed by atoms with Gasteiger partial charge in [-0.05, 0) is 57.1 Å². The van der Waals surface area contributed by atoms with E-state index in [-0.39, 0.29) is 11.4 Å². The Hall–Kier alpha value is -2.24. The van der Waals surface area contributed by atoms with Crippen LogP contribution in [0.25, 0.3) is 10.9 Å². The van der Waals surface area contributed by atoms with Crippen molar-refractivity contribution in [3.63, 3.8) is 0 Å². The van der Waals surface area contributed by atoms with Gasteiger partial charge in [0.15, 0.2) is 5.67 Å². The van der Waals surface area contributed by atoms with Gasteiger partial charge in [-0.15, -0.1) is 0 Å². The SMILES string of the molecule is O=C(N1CCCC2(CCCN2c2ncnc3ccccc23)CC1)C1(F)CC1. The first kappa shape index (κ1) is 16.9. The van der Waals surface area contributed by atoms with Crippen LogP contribution in [0, 0.1) is 0 Å². The Bertz CT molecular complexity index is 878. The molecule has 1 atom stereocenters. The molecule has 6 heteroatoms. The lowest BCUT2D eigenvalue weighted by molar-refractivity contribution is -0.138. The standard InChI is InChI=1S/C21H25FN4O/c22-21(9-10-21)19(27)25-12-3-7-20(11-14-25)8-4-13-26(20)18-16-5-1-2-6-17(16)23-15-24-18/h1-2,5-6,15H,3-4,7-14H2. The summed E-state index contributed by atoms with van der Waals surface area (Å²) in [5.74, 6) is 0.721. The Morgan fingerprint density at radius 3 is 2.56 bits per heavy atom. The fraction of sp³-hybridized carbons (Fsp3) is 0.571. The van der Waals surface area contributed by atoms with E-state index in [1.165, 1.54) is 0 Å². The summed E-state index contributed by atoms with van der Waals surface area (Å²) < 4.78 is 14.3. The minimum atomic E-state index is -1.56. The monoisotopic (exact) mass is 368 g/mol. The summed E-state index contributed by atoms with van der Waals surface area (Å²) in [5.41, 5.74) is -0.586. The summed E-state index contributed by atoms with van der Waals surface area (Å²) in [4.78, 5) is 25.8. The molecule has 27 heavy (non-hydrogen) atoms. The number of nitrogens with zero attached hydrogens (tertiary/aromatic N) is 4. The molecular weight excluding hydrogens is 343 g/mol. The Labute approximate surface area is 158 Å². The van der Waals surface area contributed by atoms with Crippen LogP contribution in [0.2, 0.25) is 0 Å². The first-order chi connectivity index (χ1) is 13.1. The number of fused-ring (bicyclic) bond motifs is 1. The number of rotatable bonds is 2.